The molecule has 1 aromatic carbocycles. The molecule has 0 radical (unpaired) electrons. The van der Waals surface area contributed by atoms with Gasteiger partial charge in [-0.25, -0.2) is 21.6 Å². The van der Waals surface area contributed by atoms with Crippen LogP contribution in [0.15, 0.2) is 29.3 Å². The van der Waals surface area contributed by atoms with Crippen LogP contribution in [0.4, 0.5) is 5.69 Å². The van der Waals surface area contributed by atoms with Gasteiger partial charge in [-0.3, -0.25) is 0 Å². The number of H-pyrrole nitrogens is 1. The lowest BCUT2D eigenvalue weighted by molar-refractivity contribution is 0.583. The van der Waals surface area contributed by atoms with Crippen molar-refractivity contribution < 1.29 is 16.8 Å². The molecule has 110 valence electrons. The van der Waals surface area contributed by atoms with Crippen LogP contribution in [0.3, 0.4) is 0 Å². The van der Waals surface area contributed by atoms with Crippen molar-refractivity contribution in [1.29, 1.82) is 0 Å². The molecular formula is C11H15N3O4S2. The first-order valence-electron chi connectivity index (χ1n) is 5.73. The summed E-state index contributed by atoms with van der Waals surface area (Å²) in [6, 6.07) is 4.84. The Morgan fingerprint density at radius 2 is 1.95 bits per heavy atom. The summed E-state index contributed by atoms with van der Waals surface area (Å²) in [6.07, 6.45) is 2.41. The summed E-state index contributed by atoms with van der Waals surface area (Å²) < 4.78 is 48.5. The monoisotopic (exact) mass is 317 g/mol. The van der Waals surface area contributed by atoms with Crippen molar-refractivity contribution in [2.24, 2.45) is 0 Å². The molecule has 2 aromatic rings. The minimum Gasteiger partial charge on any atom is -0.399 e. The third-order valence-corrected chi connectivity index (χ3v) is 5.17. The van der Waals surface area contributed by atoms with Crippen LogP contribution in [0.2, 0.25) is 0 Å². The van der Waals surface area contributed by atoms with Gasteiger partial charge in [-0.2, -0.15) is 0 Å². The lowest BCUT2D eigenvalue weighted by Gasteiger charge is -2.05. The first-order valence-corrected chi connectivity index (χ1v) is 9.27. The normalized spacial score (nSPS) is 12.8. The van der Waals surface area contributed by atoms with Gasteiger partial charge in [0.1, 0.15) is 14.7 Å². The van der Waals surface area contributed by atoms with Gasteiger partial charge in [-0.05, 0) is 18.2 Å². The summed E-state index contributed by atoms with van der Waals surface area (Å²) in [5, 5.41) is 0.506. The average Bonchev–Trinajstić information content (AvgIpc) is 2.70. The predicted octanol–water partition coefficient (Wildman–Crippen LogP) is 0.0730. The molecule has 0 aliphatic heterocycles. The summed E-state index contributed by atoms with van der Waals surface area (Å²) in [7, 11) is -6.98. The molecule has 20 heavy (non-hydrogen) atoms. The fourth-order valence-electron chi connectivity index (χ4n) is 1.78. The zero-order valence-electron chi connectivity index (χ0n) is 10.8. The number of aromatic amines is 1. The Morgan fingerprint density at radius 3 is 2.60 bits per heavy atom. The molecule has 0 fully saturated rings. The predicted molar refractivity (Wildman–Crippen MR) is 77.6 cm³/mol. The van der Waals surface area contributed by atoms with Crippen LogP contribution in [0, 0.1) is 0 Å². The van der Waals surface area contributed by atoms with Crippen LogP contribution in [0.25, 0.3) is 10.9 Å². The Bertz CT molecular complexity index is 838. The number of rotatable bonds is 5. The van der Waals surface area contributed by atoms with E-state index in [1.54, 1.807) is 18.2 Å². The summed E-state index contributed by atoms with van der Waals surface area (Å²) >= 11 is 0. The number of benzene rings is 1. The fourth-order valence-corrected chi connectivity index (χ4v) is 3.59. The Labute approximate surface area is 117 Å². The van der Waals surface area contributed by atoms with Crippen molar-refractivity contribution in [3.8, 4) is 0 Å². The van der Waals surface area contributed by atoms with Crippen LogP contribution >= 0.6 is 0 Å². The molecule has 0 aliphatic carbocycles. The number of nitrogens with one attached hydrogen (secondary N) is 2. The van der Waals surface area contributed by atoms with Gasteiger partial charge < -0.3 is 10.7 Å². The molecule has 0 saturated carbocycles. The van der Waals surface area contributed by atoms with E-state index in [9.17, 15) is 16.8 Å². The van der Waals surface area contributed by atoms with E-state index >= 15 is 0 Å². The largest absolute Gasteiger partial charge is 0.399 e. The molecule has 1 heterocycles. The van der Waals surface area contributed by atoms with Crippen LogP contribution in [0.5, 0.6) is 0 Å². The van der Waals surface area contributed by atoms with E-state index in [0.29, 0.717) is 16.6 Å². The Kier molecular flexibility index (Phi) is 3.76. The van der Waals surface area contributed by atoms with Gasteiger partial charge in [0.15, 0.2) is 0 Å². The molecule has 4 N–H and O–H groups in total. The Morgan fingerprint density at radius 1 is 1.25 bits per heavy atom. The highest BCUT2D eigenvalue weighted by atomic mass is 32.2. The van der Waals surface area contributed by atoms with E-state index in [4.69, 9.17) is 5.73 Å². The number of hydrogen-bond acceptors (Lipinski definition) is 5. The number of nitrogens with two attached hydrogens (primary N) is 1. The topological polar surface area (TPSA) is 122 Å². The number of aromatic nitrogens is 1. The standard InChI is InChI=1S/C11H15N3O4S2/c1-19(15,16)5-4-14-20(17,18)11-7-13-10-6-8(12)2-3-9(10)11/h2-3,6-7,13-14H,4-5,12H2,1H3. The van der Waals surface area contributed by atoms with E-state index in [2.05, 4.69) is 9.71 Å². The lowest BCUT2D eigenvalue weighted by Crippen LogP contribution is -2.28. The lowest BCUT2D eigenvalue weighted by atomic mass is 10.2. The SMILES string of the molecule is CS(=O)(=O)CCNS(=O)(=O)c1c[nH]c2cc(N)ccc12. The number of anilines is 1. The van der Waals surface area contributed by atoms with E-state index in [-0.39, 0.29) is 17.2 Å². The van der Waals surface area contributed by atoms with Crippen LogP contribution < -0.4 is 10.5 Å². The van der Waals surface area contributed by atoms with Gasteiger partial charge >= 0.3 is 0 Å². The zero-order chi connectivity index (χ0) is 15.0. The summed E-state index contributed by atoms with van der Waals surface area (Å²) in [6.45, 7) is -0.164. The van der Waals surface area contributed by atoms with Crippen LogP contribution in [-0.4, -0.2) is 40.4 Å². The molecule has 0 spiro atoms. The average molecular weight is 317 g/mol. The number of sulfonamides is 1. The van der Waals surface area contributed by atoms with Gasteiger partial charge in [0.25, 0.3) is 0 Å². The maximum atomic E-state index is 12.1. The van der Waals surface area contributed by atoms with E-state index in [1.165, 1.54) is 6.20 Å². The van der Waals surface area contributed by atoms with Crippen molar-refractivity contribution in [1.82, 2.24) is 9.71 Å². The second-order valence-electron chi connectivity index (χ2n) is 4.49. The summed E-state index contributed by atoms with van der Waals surface area (Å²) in [4.78, 5) is 2.89. The molecule has 9 heteroatoms. The highest BCUT2D eigenvalue weighted by molar-refractivity contribution is 7.91. The van der Waals surface area contributed by atoms with Gasteiger partial charge in [0.2, 0.25) is 10.0 Å². The summed E-state index contributed by atoms with van der Waals surface area (Å²) in [5.41, 5.74) is 6.75. The Balaban J connectivity index is 2.28. The molecule has 0 bridgehead atoms. The van der Waals surface area contributed by atoms with Gasteiger partial charge in [0.05, 0.1) is 5.75 Å². The minimum absolute atomic E-state index is 0.0704. The van der Waals surface area contributed by atoms with Crippen LogP contribution in [-0.2, 0) is 19.9 Å². The van der Waals surface area contributed by atoms with Crippen molar-refractivity contribution in [2.45, 2.75) is 4.90 Å². The molecule has 0 atom stereocenters. The van der Waals surface area contributed by atoms with Gasteiger partial charge in [-0.1, -0.05) is 0 Å². The third-order valence-electron chi connectivity index (χ3n) is 2.72. The molecule has 2 rings (SSSR count). The number of sulfone groups is 1. The van der Waals surface area contributed by atoms with Crippen molar-refractivity contribution in [3.05, 3.63) is 24.4 Å². The van der Waals surface area contributed by atoms with Crippen molar-refractivity contribution >= 4 is 36.5 Å². The Hall–Kier alpha value is -1.58. The van der Waals surface area contributed by atoms with Crippen molar-refractivity contribution in [3.63, 3.8) is 0 Å². The quantitative estimate of drug-likeness (QED) is 0.674. The molecule has 0 unspecified atom stereocenters. The van der Waals surface area contributed by atoms with Gasteiger partial charge in [-0.15, -0.1) is 0 Å². The fraction of sp³-hybridized carbons (Fsp3) is 0.273. The second-order valence-corrected chi connectivity index (χ2v) is 8.48. The molecule has 0 aliphatic rings. The number of fused-ring (bicyclic) bond motifs is 1. The first-order chi connectivity index (χ1) is 9.19. The highest BCUT2D eigenvalue weighted by Gasteiger charge is 2.19. The van der Waals surface area contributed by atoms with Gasteiger partial charge in [0, 0.05) is 35.6 Å². The van der Waals surface area contributed by atoms with Crippen molar-refractivity contribution in [2.75, 3.05) is 24.3 Å². The second kappa shape index (κ2) is 5.08. The number of nitrogen functional groups attached to an aromatic ring is 1. The molecule has 0 saturated heterocycles. The molecule has 7 nitrogen and oxygen atoms in total. The van der Waals surface area contributed by atoms with Crippen LogP contribution in [0.1, 0.15) is 0 Å². The zero-order valence-corrected chi connectivity index (χ0v) is 12.4. The third kappa shape index (κ3) is 3.30. The summed E-state index contributed by atoms with van der Waals surface area (Å²) in [5.74, 6) is -0.248. The first kappa shape index (κ1) is 14.8. The minimum atomic E-state index is -3.77. The maximum Gasteiger partial charge on any atom is 0.242 e. The number of hydrogen-bond donors (Lipinski definition) is 3. The van der Waals surface area contributed by atoms with E-state index in [1.807, 2.05) is 0 Å². The van der Waals surface area contributed by atoms with E-state index in [0.717, 1.165) is 6.26 Å². The molecular weight excluding hydrogens is 302 g/mol. The smallest absolute Gasteiger partial charge is 0.242 e. The van der Waals surface area contributed by atoms with E-state index < -0.39 is 19.9 Å². The maximum absolute atomic E-state index is 12.1. The highest BCUT2D eigenvalue weighted by Crippen LogP contribution is 2.24. The molecule has 0 amide bonds. The molecule has 1 aromatic heterocycles.